The Kier molecular flexibility index (Phi) is 4.00. The maximum atomic E-state index is 12.4. The van der Waals surface area contributed by atoms with Crippen molar-refractivity contribution in [3.05, 3.63) is 0 Å². The van der Waals surface area contributed by atoms with Crippen LogP contribution in [0.1, 0.15) is 41.0 Å². The molecule has 0 spiro atoms. The van der Waals surface area contributed by atoms with Crippen LogP contribution >= 0.6 is 0 Å². The van der Waals surface area contributed by atoms with Crippen LogP contribution in [0.25, 0.3) is 0 Å². The summed E-state index contributed by atoms with van der Waals surface area (Å²) in [5.41, 5.74) is -0.0151. The van der Waals surface area contributed by atoms with Gasteiger partial charge in [-0.1, -0.05) is 34.6 Å². The lowest BCUT2D eigenvalue weighted by Crippen LogP contribution is -2.43. The minimum atomic E-state index is -0.322. The van der Waals surface area contributed by atoms with Crippen LogP contribution < -0.4 is 0 Å². The van der Waals surface area contributed by atoms with Crippen LogP contribution in [0.3, 0.4) is 0 Å². The Labute approximate surface area is 98.8 Å². The predicted octanol–water partition coefficient (Wildman–Crippen LogP) is 1.90. The van der Waals surface area contributed by atoms with Gasteiger partial charge in [-0.15, -0.1) is 0 Å². The molecule has 1 N–H and O–H groups in total. The monoisotopic (exact) mass is 227 g/mol. The number of β-amino-alcohol motifs (C(OH)–C–C–N with tert-alkyl or cyclic N) is 1. The lowest BCUT2D eigenvalue weighted by atomic mass is 9.73. The van der Waals surface area contributed by atoms with E-state index in [4.69, 9.17) is 0 Å². The van der Waals surface area contributed by atoms with E-state index in [0.29, 0.717) is 19.0 Å². The van der Waals surface area contributed by atoms with Gasteiger partial charge in [0, 0.05) is 19.0 Å². The highest BCUT2D eigenvalue weighted by molar-refractivity contribution is 5.80. The molecule has 3 heteroatoms. The van der Waals surface area contributed by atoms with E-state index in [1.165, 1.54) is 0 Å². The number of rotatable bonds is 2. The first-order chi connectivity index (χ1) is 7.23. The van der Waals surface area contributed by atoms with Crippen LogP contribution in [0.2, 0.25) is 0 Å². The Morgan fingerprint density at radius 3 is 2.25 bits per heavy atom. The van der Waals surface area contributed by atoms with E-state index in [9.17, 15) is 9.90 Å². The number of hydrogen-bond donors (Lipinski definition) is 1. The first-order valence-corrected chi connectivity index (χ1v) is 6.20. The van der Waals surface area contributed by atoms with Gasteiger partial charge in [0.15, 0.2) is 0 Å². The minimum absolute atomic E-state index is 0.0151. The van der Waals surface area contributed by atoms with Gasteiger partial charge in [0.25, 0.3) is 0 Å². The number of aliphatic hydroxyl groups excluding tert-OH is 1. The van der Waals surface area contributed by atoms with Gasteiger partial charge in [0.05, 0.1) is 6.10 Å². The second-order valence-corrected chi connectivity index (χ2v) is 6.31. The number of carbonyl (C=O) groups is 1. The molecule has 2 unspecified atom stereocenters. The summed E-state index contributed by atoms with van der Waals surface area (Å²) in [5.74, 6) is 0.585. The summed E-state index contributed by atoms with van der Waals surface area (Å²) >= 11 is 0. The fourth-order valence-electron chi connectivity index (χ4n) is 2.79. The van der Waals surface area contributed by atoms with Crippen LogP contribution in [-0.2, 0) is 4.79 Å². The van der Waals surface area contributed by atoms with Gasteiger partial charge in [-0.25, -0.2) is 0 Å². The molecule has 1 rings (SSSR count). The molecule has 16 heavy (non-hydrogen) atoms. The standard InChI is InChI=1S/C13H25NO2/c1-9(2)11(13(3,4)5)12(16)14-7-6-10(15)8-14/h9-11,15H,6-8H2,1-5H3. The second-order valence-electron chi connectivity index (χ2n) is 6.31. The molecule has 0 aliphatic carbocycles. The normalized spacial score (nSPS) is 23.9. The molecule has 0 aromatic carbocycles. The van der Waals surface area contributed by atoms with Crippen molar-refractivity contribution in [2.24, 2.45) is 17.3 Å². The van der Waals surface area contributed by atoms with E-state index >= 15 is 0 Å². The molecule has 0 bridgehead atoms. The Bertz CT molecular complexity index is 255. The average Bonchev–Trinajstić information content (AvgIpc) is 2.48. The molecule has 0 saturated carbocycles. The lowest BCUT2D eigenvalue weighted by molar-refractivity contribution is -0.140. The van der Waals surface area contributed by atoms with Gasteiger partial charge in [-0.05, 0) is 17.8 Å². The molecule has 1 saturated heterocycles. The SMILES string of the molecule is CC(C)C(C(=O)N1CCC(O)C1)C(C)(C)C. The Balaban J connectivity index is 2.76. The largest absolute Gasteiger partial charge is 0.391 e. The van der Waals surface area contributed by atoms with Gasteiger partial charge < -0.3 is 10.0 Å². The number of nitrogens with zero attached hydrogens (tertiary/aromatic N) is 1. The van der Waals surface area contributed by atoms with E-state index in [2.05, 4.69) is 34.6 Å². The molecule has 1 heterocycles. The van der Waals surface area contributed by atoms with Gasteiger partial charge >= 0.3 is 0 Å². The number of hydrogen-bond acceptors (Lipinski definition) is 2. The molecule has 1 aliphatic rings. The van der Waals surface area contributed by atoms with E-state index in [1.807, 2.05) is 4.90 Å². The third kappa shape index (κ3) is 2.97. The summed E-state index contributed by atoms with van der Waals surface area (Å²) in [6, 6.07) is 0. The van der Waals surface area contributed by atoms with Crippen molar-refractivity contribution in [1.29, 1.82) is 0 Å². The predicted molar refractivity (Wildman–Crippen MR) is 65.0 cm³/mol. The maximum Gasteiger partial charge on any atom is 0.226 e. The highest BCUT2D eigenvalue weighted by Gasteiger charge is 2.38. The maximum absolute atomic E-state index is 12.4. The molecule has 94 valence electrons. The molecule has 2 atom stereocenters. The second kappa shape index (κ2) is 4.74. The molecule has 1 amide bonds. The van der Waals surface area contributed by atoms with Gasteiger partial charge in [0.1, 0.15) is 0 Å². The number of aliphatic hydroxyl groups is 1. The molecular formula is C13H25NO2. The molecular weight excluding hydrogens is 202 g/mol. The number of amides is 1. The van der Waals surface area contributed by atoms with Gasteiger partial charge in [-0.2, -0.15) is 0 Å². The van der Waals surface area contributed by atoms with Crippen molar-refractivity contribution >= 4 is 5.91 Å². The molecule has 1 fully saturated rings. The zero-order chi connectivity index (χ0) is 12.5. The summed E-state index contributed by atoms with van der Waals surface area (Å²) in [6.45, 7) is 11.8. The Morgan fingerprint density at radius 2 is 1.94 bits per heavy atom. The van der Waals surface area contributed by atoms with Crippen molar-refractivity contribution in [2.75, 3.05) is 13.1 Å². The van der Waals surface area contributed by atoms with E-state index < -0.39 is 0 Å². The van der Waals surface area contributed by atoms with E-state index in [1.54, 1.807) is 0 Å². The molecule has 3 nitrogen and oxygen atoms in total. The molecule has 1 aliphatic heterocycles. The molecule has 0 radical (unpaired) electrons. The van der Waals surface area contributed by atoms with Crippen LogP contribution in [0.5, 0.6) is 0 Å². The highest BCUT2D eigenvalue weighted by atomic mass is 16.3. The highest BCUT2D eigenvalue weighted by Crippen LogP contribution is 2.34. The topological polar surface area (TPSA) is 40.5 Å². The summed E-state index contributed by atoms with van der Waals surface area (Å²) in [5, 5.41) is 9.48. The smallest absolute Gasteiger partial charge is 0.226 e. The van der Waals surface area contributed by atoms with Crippen molar-refractivity contribution in [3.63, 3.8) is 0 Å². The molecule has 0 aromatic heterocycles. The number of carbonyl (C=O) groups excluding carboxylic acids is 1. The summed E-state index contributed by atoms with van der Waals surface area (Å²) in [4.78, 5) is 14.2. The van der Waals surface area contributed by atoms with Crippen LogP contribution in [0.15, 0.2) is 0 Å². The van der Waals surface area contributed by atoms with Crippen LogP contribution in [-0.4, -0.2) is 35.1 Å². The fourth-order valence-corrected chi connectivity index (χ4v) is 2.79. The summed E-state index contributed by atoms with van der Waals surface area (Å²) in [7, 11) is 0. The fraction of sp³-hybridized carbons (Fsp3) is 0.923. The first-order valence-electron chi connectivity index (χ1n) is 6.20. The zero-order valence-electron chi connectivity index (χ0n) is 11.2. The quantitative estimate of drug-likeness (QED) is 0.782. The average molecular weight is 227 g/mol. The minimum Gasteiger partial charge on any atom is -0.391 e. The van der Waals surface area contributed by atoms with Gasteiger partial charge in [-0.3, -0.25) is 4.79 Å². The third-order valence-corrected chi connectivity index (χ3v) is 3.34. The van der Waals surface area contributed by atoms with Gasteiger partial charge in [0.2, 0.25) is 5.91 Å². The van der Waals surface area contributed by atoms with E-state index in [0.717, 1.165) is 6.42 Å². The zero-order valence-corrected chi connectivity index (χ0v) is 11.2. The summed E-state index contributed by atoms with van der Waals surface area (Å²) < 4.78 is 0. The molecule has 0 aromatic rings. The van der Waals surface area contributed by atoms with E-state index in [-0.39, 0.29) is 23.3 Å². The summed E-state index contributed by atoms with van der Waals surface area (Å²) in [6.07, 6.45) is 0.400. The van der Waals surface area contributed by atoms with Crippen molar-refractivity contribution < 1.29 is 9.90 Å². The Morgan fingerprint density at radius 1 is 1.38 bits per heavy atom. The van der Waals surface area contributed by atoms with Crippen LogP contribution in [0.4, 0.5) is 0 Å². The van der Waals surface area contributed by atoms with Crippen molar-refractivity contribution in [3.8, 4) is 0 Å². The first kappa shape index (κ1) is 13.5. The van der Waals surface area contributed by atoms with Crippen molar-refractivity contribution in [1.82, 2.24) is 4.90 Å². The van der Waals surface area contributed by atoms with Crippen LogP contribution in [0, 0.1) is 17.3 Å². The third-order valence-electron chi connectivity index (χ3n) is 3.34. The Hall–Kier alpha value is -0.570. The van der Waals surface area contributed by atoms with Crippen molar-refractivity contribution in [2.45, 2.75) is 47.1 Å². The lowest BCUT2D eigenvalue weighted by Gasteiger charge is -2.35. The number of likely N-dealkylation sites (tertiary alicyclic amines) is 1.